The zero-order valence-corrected chi connectivity index (χ0v) is 20.4. The molecule has 5 rings (SSSR count). The van der Waals surface area contributed by atoms with Crippen molar-refractivity contribution in [1.29, 1.82) is 0 Å². The van der Waals surface area contributed by atoms with E-state index in [2.05, 4.69) is 10.6 Å². The number of carbonyl (C=O) groups is 1. The summed E-state index contributed by atoms with van der Waals surface area (Å²) in [5.41, 5.74) is 6.12. The number of hydrogen-bond donors (Lipinski definition) is 1. The molecule has 2 heterocycles. The molecule has 0 unspecified atom stereocenters. The number of para-hydroxylation sites is 2. The maximum absolute atomic E-state index is 12.9. The Morgan fingerprint density at radius 2 is 1.77 bits per heavy atom. The van der Waals surface area contributed by atoms with Crippen LogP contribution in [0, 0.1) is 20.8 Å². The van der Waals surface area contributed by atoms with E-state index >= 15 is 0 Å². The first kappa shape index (κ1) is 23.1. The molecule has 1 fully saturated rings. The van der Waals surface area contributed by atoms with Crippen molar-refractivity contribution in [2.75, 3.05) is 18.1 Å². The number of fused-ring (bicyclic) bond motifs is 1. The number of aryl methyl sites for hydroxylation is 3. The number of ether oxygens (including phenoxy) is 1. The molecule has 6 heteroatoms. The smallest absolute Gasteiger partial charge is 0.227 e. The predicted molar refractivity (Wildman–Crippen MR) is 138 cm³/mol. The molecule has 2 atom stereocenters. The Hall–Kier alpha value is -3.64. The number of aliphatic hydroxyl groups is 1. The summed E-state index contributed by atoms with van der Waals surface area (Å²) in [6, 6.07) is 22.0. The fourth-order valence-electron chi connectivity index (χ4n) is 4.86. The molecule has 0 saturated carbocycles. The Labute approximate surface area is 205 Å². The lowest BCUT2D eigenvalue weighted by Crippen LogP contribution is -2.26. The highest BCUT2D eigenvalue weighted by atomic mass is 16.5. The predicted octanol–water partition coefficient (Wildman–Crippen LogP) is 4.92. The van der Waals surface area contributed by atoms with Crippen LogP contribution >= 0.6 is 0 Å². The fourth-order valence-corrected chi connectivity index (χ4v) is 4.86. The minimum atomic E-state index is -0.725. The minimum Gasteiger partial charge on any atom is -0.491 e. The largest absolute Gasteiger partial charge is 0.491 e. The van der Waals surface area contributed by atoms with Gasteiger partial charge in [-0.05, 0) is 56.7 Å². The van der Waals surface area contributed by atoms with Crippen molar-refractivity contribution < 1.29 is 14.6 Å². The quantitative estimate of drug-likeness (QED) is 0.417. The Bertz CT molecular complexity index is 1360. The lowest BCUT2D eigenvalue weighted by molar-refractivity contribution is -0.117. The third kappa shape index (κ3) is 4.80. The van der Waals surface area contributed by atoms with E-state index in [0.717, 1.165) is 39.4 Å². The average molecular weight is 470 g/mol. The highest BCUT2D eigenvalue weighted by molar-refractivity contribution is 5.96. The molecule has 1 aliphatic rings. The van der Waals surface area contributed by atoms with Crippen molar-refractivity contribution in [3.8, 4) is 5.75 Å². The van der Waals surface area contributed by atoms with Gasteiger partial charge >= 0.3 is 0 Å². The van der Waals surface area contributed by atoms with E-state index in [-0.39, 0.29) is 18.4 Å². The Morgan fingerprint density at radius 1 is 1.03 bits per heavy atom. The Kier molecular flexibility index (Phi) is 6.31. The number of anilines is 1. The number of rotatable bonds is 7. The number of carbonyl (C=O) groups excluding carboxylic acids is 1. The van der Waals surface area contributed by atoms with E-state index in [4.69, 9.17) is 9.72 Å². The van der Waals surface area contributed by atoms with Gasteiger partial charge in [-0.15, -0.1) is 0 Å². The molecule has 35 heavy (non-hydrogen) atoms. The molecule has 4 aromatic rings. The highest BCUT2D eigenvalue weighted by Crippen LogP contribution is 2.33. The van der Waals surface area contributed by atoms with Crippen LogP contribution in [0.15, 0.2) is 66.7 Å². The second kappa shape index (κ2) is 9.55. The summed E-state index contributed by atoms with van der Waals surface area (Å²) in [5, 5.41) is 10.9. The monoisotopic (exact) mass is 469 g/mol. The molecule has 180 valence electrons. The highest BCUT2D eigenvalue weighted by Gasteiger charge is 2.35. The maximum Gasteiger partial charge on any atom is 0.227 e. The first-order valence-corrected chi connectivity index (χ1v) is 12.1. The second-order valence-corrected chi connectivity index (χ2v) is 9.54. The van der Waals surface area contributed by atoms with Crippen LogP contribution in [-0.2, 0) is 11.3 Å². The number of amides is 1. The van der Waals surface area contributed by atoms with Gasteiger partial charge < -0.3 is 19.3 Å². The van der Waals surface area contributed by atoms with Crippen LogP contribution in [0.4, 0.5) is 5.69 Å². The van der Waals surface area contributed by atoms with Crippen molar-refractivity contribution >= 4 is 22.6 Å². The SMILES string of the molecule is Cc1ccc(N2C[C@@H](c3nc4ccccc4n3C[C@H](O)COc3ccc(C)cc3C)CC2=O)cc1. The standard InChI is InChI=1S/C29H31N3O3/c1-19-8-11-23(12-9-19)31-16-22(15-28(31)34)29-30-25-6-4-5-7-26(25)32(29)17-24(33)18-35-27-13-10-20(2)14-21(27)3/h4-14,22,24,33H,15-18H2,1-3H3/t22-,24-/m0/s1. The van der Waals surface area contributed by atoms with Crippen LogP contribution in [-0.4, -0.2) is 39.8 Å². The molecule has 1 amide bonds. The molecule has 0 bridgehead atoms. The lowest BCUT2D eigenvalue weighted by atomic mass is 10.1. The Morgan fingerprint density at radius 3 is 2.54 bits per heavy atom. The molecule has 1 N–H and O–H groups in total. The van der Waals surface area contributed by atoms with Gasteiger partial charge in [-0.3, -0.25) is 4.79 Å². The van der Waals surface area contributed by atoms with E-state index < -0.39 is 6.10 Å². The normalized spacial score (nSPS) is 16.7. The van der Waals surface area contributed by atoms with Crippen molar-refractivity contribution in [2.45, 2.75) is 45.8 Å². The topological polar surface area (TPSA) is 67.6 Å². The van der Waals surface area contributed by atoms with Gasteiger partial charge in [0.1, 0.15) is 24.3 Å². The number of imidazole rings is 1. The van der Waals surface area contributed by atoms with Gasteiger partial charge in [0.05, 0.1) is 17.6 Å². The van der Waals surface area contributed by atoms with Crippen LogP contribution in [0.1, 0.15) is 34.9 Å². The summed E-state index contributed by atoms with van der Waals surface area (Å²) in [4.78, 5) is 19.7. The second-order valence-electron chi connectivity index (χ2n) is 9.54. The first-order chi connectivity index (χ1) is 16.9. The first-order valence-electron chi connectivity index (χ1n) is 12.1. The van der Waals surface area contributed by atoms with Crippen molar-refractivity contribution in [1.82, 2.24) is 9.55 Å². The molecular weight excluding hydrogens is 438 g/mol. The van der Waals surface area contributed by atoms with Crippen LogP contribution in [0.25, 0.3) is 11.0 Å². The van der Waals surface area contributed by atoms with Gasteiger partial charge in [0.2, 0.25) is 5.91 Å². The maximum atomic E-state index is 12.9. The van der Waals surface area contributed by atoms with Gasteiger partial charge in [-0.1, -0.05) is 47.5 Å². The van der Waals surface area contributed by atoms with Crippen LogP contribution in [0.2, 0.25) is 0 Å². The van der Waals surface area contributed by atoms with E-state index in [1.807, 2.05) is 86.3 Å². The van der Waals surface area contributed by atoms with Gasteiger partial charge in [0.15, 0.2) is 0 Å². The third-order valence-corrected chi connectivity index (χ3v) is 6.67. The van der Waals surface area contributed by atoms with E-state index in [9.17, 15) is 9.90 Å². The van der Waals surface area contributed by atoms with E-state index in [0.29, 0.717) is 19.5 Å². The summed E-state index contributed by atoms with van der Waals surface area (Å²) >= 11 is 0. The summed E-state index contributed by atoms with van der Waals surface area (Å²) in [6.45, 7) is 7.18. The number of hydrogen-bond acceptors (Lipinski definition) is 4. The van der Waals surface area contributed by atoms with E-state index in [1.165, 1.54) is 5.56 Å². The van der Waals surface area contributed by atoms with Gasteiger partial charge in [0.25, 0.3) is 0 Å². The fraction of sp³-hybridized carbons (Fsp3) is 0.310. The molecule has 0 radical (unpaired) electrons. The minimum absolute atomic E-state index is 0.0522. The summed E-state index contributed by atoms with van der Waals surface area (Å²) < 4.78 is 7.99. The zero-order chi connectivity index (χ0) is 24.5. The summed E-state index contributed by atoms with van der Waals surface area (Å²) in [6.07, 6.45) is -0.329. The van der Waals surface area contributed by atoms with Crippen molar-refractivity contribution in [2.24, 2.45) is 0 Å². The van der Waals surface area contributed by atoms with E-state index in [1.54, 1.807) is 0 Å². The van der Waals surface area contributed by atoms with Crippen molar-refractivity contribution in [3.63, 3.8) is 0 Å². The molecule has 3 aromatic carbocycles. The number of nitrogens with zero attached hydrogens (tertiary/aromatic N) is 3. The molecule has 0 aliphatic carbocycles. The summed E-state index contributed by atoms with van der Waals surface area (Å²) in [7, 11) is 0. The van der Waals surface area contributed by atoms with Crippen molar-refractivity contribution in [3.05, 3.63) is 89.2 Å². The summed E-state index contributed by atoms with van der Waals surface area (Å²) in [5.74, 6) is 1.65. The Balaban J connectivity index is 1.37. The van der Waals surface area contributed by atoms with Gasteiger partial charge in [0, 0.05) is 24.6 Å². The molecule has 0 spiro atoms. The zero-order valence-electron chi connectivity index (χ0n) is 20.4. The number of aliphatic hydroxyl groups excluding tert-OH is 1. The lowest BCUT2D eigenvalue weighted by Gasteiger charge is -2.19. The molecule has 6 nitrogen and oxygen atoms in total. The molecule has 1 aromatic heterocycles. The van der Waals surface area contributed by atoms with Crippen LogP contribution in [0.3, 0.4) is 0 Å². The number of aromatic nitrogens is 2. The molecular formula is C29H31N3O3. The van der Waals surface area contributed by atoms with Gasteiger partial charge in [-0.2, -0.15) is 0 Å². The molecule has 1 aliphatic heterocycles. The van der Waals surface area contributed by atoms with Gasteiger partial charge in [-0.25, -0.2) is 4.98 Å². The van der Waals surface area contributed by atoms with Crippen LogP contribution < -0.4 is 9.64 Å². The molecule has 1 saturated heterocycles. The van der Waals surface area contributed by atoms with Crippen LogP contribution in [0.5, 0.6) is 5.75 Å². The third-order valence-electron chi connectivity index (χ3n) is 6.67. The average Bonchev–Trinajstić information content (AvgIpc) is 3.40. The number of benzene rings is 3.